The average molecular weight is 440 g/mol. The molecule has 5 rings (SSSR count). The summed E-state index contributed by atoms with van der Waals surface area (Å²) in [5, 5.41) is 0. The van der Waals surface area contributed by atoms with Gasteiger partial charge in [0.2, 0.25) is 5.82 Å². The van der Waals surface area contributed by atoms with E-state index >= 15 is 0 Å². The number of hydrogen-bond acceptors (Lipinski definition) is 1. The molecule has 0 atom stereocenters. The molecule has 3 heterocycles. The molecule has 4 nitrogen and oxygen atoms in total. The molecule has 5 heteroatoms. The Labute approximate surface area is 189 Å². The molecule has 28 heavy (non-hydrogen) atoms. The minimum absolute atomic E-state index is 0. The molecule has 5 aromatic rings. The zero-order valence-electron chi connectivity index (χ0n) is 16.1. The van der Waals surface area contributed by atoms with Crippen LogP contribution in [0.2, 0.25) is 0 Å². The van der Waals surface area contributed by atoms with E-state index in [1.54, 1.807) is 0 Å². The summed E-state index contributed by atoms with van der Waals surface area (Å²) in [6, 6.07) is 24.9. The van der Waals surface area contributed by atoms with Gasteiger partial charge in [-0.2, -0.15) is 40.9 Å². The number of para-hydroxylation sites is 2. The first kappa shape index (κ1) is 19.0. The van der Waals surface area contributed by atoms with E-state index in [-0.39, 0.29) is 32.7 Å². The SMILES string of the molecule is Cc1c(C)n2c3ccccc3nc2n1-c1c[c-]c(-c2[c-]cccc2)c[n+]1C.[Y]. The van der Waals surface area contributed by atoms with E-state index in [0.29, 0.717) is 0 Å². The summed E-state index contributed by atoms with van der Waals surface area (Å²) in [5.41, 5.74) is 6.57. The van der Waals surface area contributed by atoms with Crippen LogP contribution in [0.5, 0.6) is 0 Å². The van der Waals surface area contributed by atoms with Crippen molar-refractivity contribution in [3.8, 4) is 16.9 Å². The van der Waals surface area contributed by atoms with E-state index in [1.165, 1.54) is 11.4 Å². The first-order valence-electron chi connectivity index (χ1n) is 8.99. The average Bonchev–Trinajstić information content (AvgIpc) is 3.18. The fourth-order valence-electron chi connectivity index (χ4n) is 3.71. The predicted octanol–water partition coefficient (Wildman–Crippen LogP) is 3.98. The van der Waals surface area contributed by atoms with Crippen LogP contribution in [-0.4, -0.2) is 14.0 Å². The molecule has 0 aliphatic rings. The van der Waals surface area contributed by atoms with Crippen LogP contribution in [0, 0.1) is 26.0 Å². The number of benzene rings is 2. The molecule has 0 aliphatic carbocycles. The van der Waals surface area contributed by atoms with Gasteiger partial charge in [0.1, 0.15) is 5.69 Å². The monoisotopic (exact) mass is 440 g/mol. The van der Waals surface area contributed by atoms with E-state index in [0.717, 1.165) is 33.8 Å². The fraction of sp³-hybridized carbons (Fsp3) is 0.130. The minimum Gasteiger partial charge on any atom is -0.325 e. The summed E-state index contributed by atoms with van der Waals surface area (Å²) >= 11 is 0. The number of aryl methyl sites for hydroxylation is 2. The summed E-state index contributed by atoms with van der Waals surface area (Å²) < 4.78 is 6.55. The second-order valence-corrected chi connectivity index (χ2v) is 6.82. The van der Waals surface area contributed by atoms with Gasteiger partial charge in [-0.1, -0.05) is 18.2 Å². The van der Waals surface area contributed by atoms with E-state index in [1.807, 2.05) is 30.3 Å². The van der Waals surface area contributed by atoms with Gasteiger partial charge < -0.3 is 4.57 Å². The number of rotatable bonds is 2. The molecule has 0 fully saturated rings. The van der Waals surface area contributed by atoms with E-state index < -0.39 is 0 Å². The van der Waals surface area contributed by atoms with Gasteiger partial charge in [-0.05, 0) is 32.2 Å². The third-order valence-electron chi connectivity index (χ3n) is 5.21. The topological polar surface area (TPSA) is 26.1 Å². The van der Waals surface area contributed by atoms with Crippen molar-refractivity contribution in [1.29, 1.82) is 0 Å². The van der Waals surface area contributed by atoms with Gasteiger partial charge in [0.05, 0.1) is 23.8 Å². The predicted molar refractivity (Wildman–Crippen MR) is 106 cm³/mol. The maximum Gasteiger partial charge on any atom is 0.303 e. The van der Waals surface area contributed by atoms with Gasteiger partial charge in [-0.3, -0.25) is 4.40 Å². The van der Waals surface area contributed by atoms with Crippen LogP contribution in [0.25, 0.3) is 33.8 Å². The van der Waals surface area contributed by atoms with Crippen molar-refractivity contribution >= 4 is 16.8 Å². The number of imidazole rings is 2. The third kappa shape index (κ3) is 2.83. The minimum atomic E-state index is 0. The smallest absolute Gasteiger partial charge is 0.303 e. The number of hydrogen-bond donors (Lipinski definition) is 0. The van der Waals surface area contributed by atoms with Crippen molar-refractivity contribution in [3.63, 3.8) is 0 Å². The Morgan fingerprint density at radius 1 is 0.929 bits per heavy atom. The molecule has 3 aromatic heterocycles. The summed E-state index contributed by atoms with van der Waals surface area (Å²) in [6.45, 7) is 4.28. The molecule has 0 N–H and O–H groups in total. The molecule has 0 spiro atoms. The Hall–Kier alpha value is -2.30. The zero-order chi connectivity index (χ0) is 18.5. The van der Waals surface area contributed by atoms with Crippen molar-refractivity contribution in [3.05, 3.63) is 84.3 Å². The Morgan fingerprint density at radius 2 is 1.71 bits per heavy atom. The summed E-state index contributed by atoms with van der Waals surface area (Å²) in [4.78, 5) is 4.89. The maximum absolute atomic E-state index is 4.89. The normalized spacial score (nSPS) is 11.1. The van der Waals surface area contributed by atoms with Crippen molar-refractivity contribution in [2.75, 3.05) is 0 Å². The Kier molecular flexibility index (Phi) is 4.94. The molecule has 0 bridgehead atoms. The van der Waals surface area contributed by atoms with Crippen molar-refractivity contribution in [2.45, 2.75) is 13.8 Å². The number of pyridine rings is 1. The van der Waals surface area contributed by atoms with Crippen LogP contribution < -0.4 is 4.57 Å². The number of nitrogens with zero attached hydrogens (tertiary/aromatic N) is 4. The summed E-state index contributed by atoms with van der Waals surface area (Å²) in [7, 11) is 2.06. The van der Waals surface area contributed by atoms with E-state index in [2.05, 4.69) is 77.0 Å². The molecular formula is C23H19N4Y-. The molecule has 135 valence electrons. The van der Waals surface area contributed by atoms with Crippen LogP contribution in [0.15, 0.2) is 60.8 Å². The molecule has 0 saturated heterocycles. The quantitative estimate of drug-likeness (QED) is 0.301. The third-order valence-corrected chi connectivity index (χ3v) is 5.21. The van der Waals surface area contributed by atoms with Crippen LogP contribution in [0.1, 0.15) is 11.4 Å². The number of fused-ring (bicyclic) bond motifs is 3. The van der Waals surface area contributed by atoms with Crippen LogP contribution >= 0.6 is 0 Å². The van der Waals surface area contributed by atoms with Crippen molar-refractivity contribution in [1.82, 2.24) is 14.0 Å². The largest absolute Gasteiger partial charge is 0.325 e. The Morgan fingerprint density at radius 3 is 2.46 bits per heavy atom. The van der Waals surface area contributed by atoms with Gasteiger partial charge >= 0.3 is 5.78 Å². The van der Waals surface area contributed by atoms with Crippen LogP contribution in [0.3, 0.4) is 0 Å². The van der Waals surface area contributed by atoms with E-state index in [9.17, 15) is 0 Å². The maximum atomic E-state index is 4.89. The molecule has 0 amide bonds. The Balaban J connectivity index is 0.00000192. The molecule has 0 unspecified atom stereocenters. The van der Waals surface area contributed by atoms with Gasteiger partial charge in [0.15, 0.2) is 0 Å². The van der Waals surface area contributed by atoms with Gasteiger partial charge in [0, 0.05) is 32.7 Å². The summed E-state index contributed by atoms with van der Waals surface area (Å²) in [5.74, 6) is 1.95. The first-order valence-corrected chi connectivity index (χ1v) is 8.99. The van der Waals surface area contributed by atoms with Gasteiger partial charge in [-0.25, -0.2) is 10.1 Å². The molecule has 1 radical (unpaired) electrons. The molecule has 0 saturated carbocycles. The van der Waals surface area contributed by atoms with Crippen molar-refractivity contribution < 1.29 is 37.3 Å². The van der Waals surface area contributed by atoms with Gasteiger partial charge in [0.25, 0.3) is 0 Å². The van der Waals surface area contributed by atoms with Crippen LogP contribution in [-0.2, 0) is 39.8 Å². The molecular weight excluding hydrogens is 421 g/mol. The zero-order valence-corrected chi connectivity index (χ0v) is 19.0. The molecule has 2 aromatic carbocycles. The Bertz CT molecular complexity index is 1300. The number of aromatic nitrogens is 4. The second kappa shape index (κ2) is 7.27. The molecule has 0 aliphatic heterocycles. The fourth-order valence-corrected chi connectivity index (χ4v) is 3.71. The van der Waals surface area contributed by atoms with Gasteiger partial charge in [-0.15, -0.1) is 6.07 Å². The van der Waals surface area contributed by atoms with Crippen LogP contribution in [0.4, 0.5) is 0 Å². The van der Waals surface area contributed by atoms with Crippen molar-refractivity contribution in [2.24, 2.45) is 7.05 Å². The van der Waals surface area contributed by atoms with E-state index in [4.69, 9.17) is 4.98 Å². The summed E-state index contributed by atoms with van der Waals surface area (Å²) in [6.07, 6.45) is 2.09. The first-order chi connectivity index (χ1) is 13.1. The standard InChI is InChI=1S/C23H19N4.Y/c1-16-17(2)27(23-24-20-11-7-8-12-21(20)26(16)23)22-14-13-19(15-25(22)3)18-9-5-4-6-10-18;/h4-9,11-12,14-15H,1-3H3;/q-1;. The second-order valence-electron chi connectivity index (χ2n) is 6.82.